The number of rotatable bonds is 8. The summed E-state index contributed by atoms with van der Waals surface area (Å²) in [5, 5.41) is 4.67. The monoisotopic (exact) mass is 473 g/mol. The largest absolute Gasteiger partial charge is 0.497 e. The first kappa shape index (κ1) is 23.7. The molecule has 0 saturated heterocycles. The van der Waals surface area contributed by atoms with E-state index >= 15 is 0 Å². The van der Waals surface area contributed by atoms with E-state index in [1.165, 1.54) is 15.6 Å². The standard InChI is InChI=1S/C26H27N5O4/c1-5-35-26(33)19-7-6-8-20(15-19)30(3)25(32)22-16-27-23-13-14-24(28-31(22)23)29(2)17-18-9-11-21(34-4)12-10-18/h6-16H,5,17H2,1-4H3. The van der Waals surface area contributed by atoms with Gasteiger partial charge in [0.2, 0.25) is 0 Å². The molecule has 0 N–H and O–H groups in total. The SMILES string of the molecule is CCOC(=O)c1cccc(N(C)C(=O)c2cnc3ccc(N(C)Cc4ccc(OC)cc4)nn23)c1. The van der Waals surface area contributed by atoms with Crippen LogP contribution in [0.25, 0.3) is 5.65 Å². The van der Waals surface area contributed by atoms with E-state index in [9.17, 15) is 9.59 Å². The average Bonchev–Trinajstić information content (AvgIpc) is 3.31. The summed E-state index contributed by atoms with van der Waals surface area (Å²) in [4.78, 5) is 33.2. The van der Waals surface area contributed by atoms with Crippen LogP contribution in [0.2, 0.25) is 0 Å². The highest BCUT2D eigenvalue weighted by Gasteiger charge is 2.20. The number of nitrogens with zero attached hydrogens (tertiary/aromatic N) is 5. The predicted octanol–water partition coefficient (Wildman–Crippen LogP) is 3.83. The number of fused-ring (bicyclic) bond motifs is 1. The summed E-state index contributed by atoms with van der Waals surface area (Å²) >= 11 is 0. The smallest absolute Gasteiger partial charge is 0.338 e. The number of imidazole rings is 1. The molecule has 2 aromatic heterocycles. The molecular weight excluding hydrogens is 446 g/mol. The molecule has 9 heteroatoms. The molecule has 0 unspecified atom stereocenters. The molecule has 1 amide bonds. The first-order valence-electron chi connectivity index (χ1n) is 11.2. The van der Waals surface area contributed by atoms with E-state index in [2.05, 4.69) is 10.1 Å². The summed E-state index contributed by atoms with van der Waals surface area (Å²) in [7, 11) is 5.22. The van der Waals surface area contributed by atoms with Gasteiger partial charge in [0.05, 0.1) is 25.5 Å². The summed E-state index contributed by atoms with van der Waals surface area (Å²) in [6.07, 6.45) is 1.50. The molecule has 2 aromatic carbocycles. The summed E-state index contributed by atoms with van der Waals surface area (Å²) in [5.41, 5.74) is 2.90. The van der Waals surface area contributed by atoms with Gasteiger partial charge in [-0.2, -0.15) is 0 Å². The van der Waals surface area contributed by atoms with E-state index in [4.69, 9.17) is 9.47 Å². The van der Waals surface area contributed by atoms with Gasteiger partial charge in [-0.25, -0.2) is 14.3 Å². The molecule has 4 rings (SSSR count). The number of hydrogen-bond donors (Lipinski definition) is 0. The second kappa shape index (κ2) is 10.3. The van der Waals surface area contributed by atoms with Gasteiger partial charge in [-0.15, -0.1) is 5.10 Å². The summed E-state index contributed by atoms with van der Waals surface area (Å²) in [6, 6.07) is 18.3. The van der Waals surface area contributed by atoms with Gasteiger partial charge in [-0.3, -0.25) is 4.79 Å². The molecule has 9 nitrogen and oxygen atoms in total. The van der Waals surface area contributed by atoms with E-state index in [-0.39, 0.29) is 12.5 Å². The number of esters is 1. The molecule has 0 aliphatic heterocycles. The molecule has 0 saturated carbocycles. The normalized spacial score (nSPS) is 10.7. The van der Waals surface area contributed by atoms with Crippen molar-refractivity contribution in [2.45, 2.75) is 13.5 Å². The van der Waals surface area contributed by atoms with Gasteiger partial charge in [0.1, 0.15) is 11.6 Å². The molecule has 0 aliphatic rings. The van der Waals surface area contributed by atoms with Gasteiger partial charge in [-0.05, 0) is 55.0 Å². The highest BCUT2D eigenvalue weighted by molar-refractivity contribution is 6.05. The quantitative estimate of drug-likeness (QED) is 0.359. The molecule has 0 fully saturated rings. The number of anilines is 2. The zero-order chi connectivity index (χ0) is 24.9. The molecule has 35 heavy (non-hydrogen) atoms. The van der Waals surface area contributed by atoms with Gasteiger partial charge in [0.15, 0.2) is 11.3 Å². The van der Waals surface area contributed by atoms with Crippen LogP contribution in [-0.2, 0) is 11.3 Å². The fourth-order valence-corrected chi connectivity index (χ4v) is 3.64. The van der Waals surface area contributed by atoms with Crippen LogP contribution in [0.3, 0.4) is 0 Å². The van der Waals surface area contributed by atoms with Crippen molar-refractivity contribution in [1.29, 1.82) is 0 Å². The van der Waals surface area contributed by atoms with Crippen LogP contribution in [0, 0.1) is 0 Å². The van der Waals surface area contributed by atoms with Crippen molar-refractivity contribution < 1.29 is 19.1 Å². The zero-order valence-electron chi connectivity index (χ0n) is 20.1. The van der Waals surface area contributed by atoms with E-state index < -0.39 is 5.97 Å². The van der Waals surface area contributed by atoms with Crippen molar-refractivity contribution in [3.05, 3.63) is 83.7 Å². The summed E-state index contributed by atoms with van der Waals surface area (Å²) in [5.74, 6) is 0.749. The Labute approximate surface area is 203 Å². The van der Waals surface area contributed by atoms with Gasteiger partial charge in [0.25, 0.3) is 5.91 Å². The Morgan fingerprint density at radius 1 is 1.03 bits per heavy atom. The molecule has 0 spiro atoms. The molecule has 0 aliphatic carbocycles. The summed E-state index contributed by atoms with van der Waals surface area (Å²) < 4.78 is 11.8. The van der Waals surface area contributed by atoms with Crippen molar-refractivity contribution >= 4 is 29.0 Å². The lowest BCUT2D eigenvalue weighted by Crippen LogP contribution is -2.28. The van der Waals surface area contributed by atoms with Crippen LogP contribution in [0.4, 0.5) is 11.5 Å². The molecular formula is C26H27N5O4. The minimum absolute atomic E-state index is 0.278. The third kappa shape index (κ3) is 5.08. The molecule has 0 radical (unpaired) electrons. The van der Waals surface area contributed by atoms with Crippen LogP contribution in [0.1, 0.15) is 33.3 Å². The van der Waals surface area contributed by atoms with Gasteiger partial charge >= 0.3 is 5.97 Å². The number of methoxy groups -OCH3 is 1. The second-order valence-electron chi connectivity index (χ2n) is 7.94. The maximum absolute atomic E-state index is 13.3. The first-order valence-corrected chi connectivity index (χ1v) is 11.2. The van der Waals surface area contributed by atoms with Crippen molar-refractivity contribution in [2.24, 2.45) is 0 Å². The zero-order valence-corrected chi connectivity index (χ0v) is 20.1. The van der Waals surface area contributed by atoms with Crippen LogP contribution in [0.5, 0.6) is 5.75 Å². The number of hydrogen-bond acceptors (Lipinski definition) is 7. The third-order valence-corrected chi connectivity index (χ3v) is 5.59. The topological polar surface area (TPSA) is 89.3 Å². The number of aromatic nitrogens is 3. The van der Waals surface area contributed by atoms with Crippen LogP contribution in [-0.4, -0.2) is 54.3 Å². The van der Waals surface area contributed by atoms with E-state index in [1.54, 1.807) is 45.3 Å². The third-order valence-electron chi connectivity index (χ3n) is 5.59. The molecule has 4 aromatic rings. The molecule has 180 valence electrons. The van der Waals surface area contributed by atoms with Crippen molar-refractivity contribution in [3.63, 3.8) is 0 Å². The maximum Gasteiger partial charge on any atom is 0.338 e. The minimum atomic E-state index is -0.434. The fraction of sp³-hybridized carbons (Fsp3) is 0.231. The molecule has 2 heterocycles. The Morgan fingerprint density at radius 2 is 1.80 bits per heavy atom. The minimum Gasteiger partial charge on any atom is -0.497 e. The van der Waals surface area contributed by atoms with Crippen molar-refractivity contribution in [2.75, 3.05) is 37.6 Å². The number of carbonyl (C=O) groups excluding carboxylic acids is 2. The van der Waals surface area contributed by atoms with E-state index in [1.807, 2.05) is 48.3 Å². The Morgan fingerprint density at radius 3 is 2.51 bits per heavy atom. The maximum atomic E-state index is 13.3. The van der Waals surface area contributed by atoms with Gasteiger partial charge in [0, 0.05) is 26.3 Å². The Balaban J connectivity index is 1.57. The number of amides is 1. The molecule has 0 atom stereocenters. The number of benzene rings is 2. The van der Waals surface area contributed by atoms with Crippen molar-refractivity contribution in [1.82, 2.24) is 14.6 Å². The lowest BCUT2D eigenvalue weighted by Gasteiger charge is -2.20. The van der Waals surface area contributed by atoms with Gasteiger partial charge < -0.3 is 19.3 Å². The van der Waals surface area contributed by atoms with Crippen LogP contribution in [0.15, 0.2) is 66.9 Å². The van der Waals surface area contributed by atoms with Crippen LogP contribution >= 0.6 is 0 Å². The number of ether oxygens (including phenoxy) is 2. The average molecular weight is 474 g/mol. The highest BCUT2D eigenvalue weighted by Crippen LogP contribution is 2.20. The lowest BCUT2D eigenvalue weighted by atomic mass is 10.2. The fourth-order valence-electron chi connectivity index (χ4n) is 3.64. The highest BCUT2D eigenvalue weighted by atomic mass is 16.5. The van der Waals surface area contributed by atoms with E-state index in [0.717, 1.165) is 11.3 Å². The van der Waals surface area contributed by atoms with E-state index in [0.29, 0.717) is 35.0 Å². The molecule has 0 bridgehead atoms. The Bertz CT molecular complexity index is 1350. The second-order valence-corrected chi connectivity index (χ2v) is 7.94. The summed E-state index contributed by atoms with van der Waals surface area (Å²) in [6.45, 7) is 2.65. The number of carbonyl (C=O) groups is 2. The van der Waals surface area contributed by atoms with Crippen LogP contribution < -0.4 is 14.5 Å². The van der Waals surface area contributed by atoms with Gasteiger partial charge in [-0.1, -0.05) is 18.2 Å². The Kier molecular flexibility index (Phi) is 6.96. The Hall–Kier alpha value is -4.40. The first-order chi connectivity index (χ1) is 16.9. The van der Waals surface area contributed by atoms with Crippen molar-refractivity contribution in [3.8, 4) is 5.75 Å². The predicted molar refractivity (Wildman–Crippen MR) is 133 cm³/mol. The lowest BCUT2D eigenvalue weighted by molar-refractivity contribution is 0.0526.